The molecule has 1 aromatic carbocycles. The fourth-order valence-electron chi connectivity index (χ4n) is 3.68. The van der Waals surface area contributed by atoms with Crippen LogP contribution in [0.5, 0.6) is 0 Å². The second-order valence-electron chi connectivity index (χ2n) is 7.72. The van der Waals surface area contributed by atoms with E-state index in [9.17, 15) is 0 Å². The second-order valence-corrected chi connectivity index (χ2v) is 7.72. The van der Waals surface area contributed by atoms with Crippen LogP contribution < -0.4 is 10.6 Å². The van der Waals surface area contributed by atoms with Gasteiger partial charge in [0.05, 0.1) is 6.04 Å². The van der Waals surface area contributed by atoms with Crippen LogP contribution in [-0.2, 0) is 13.6 Å². The van der Waals surface area contributed by atoms with E-state index in [1.165, 1.54) is 18.4 Å². The van der Waals surface area contributed by atoms with Gasteiger partial charge in [-0.1, -0.05) is 43.7 Å². The highest BCUT2D eigenvalue weighted by atomic mass is 127. The van der Waals surface area contributed by atoms with Gasteiger partial charge >= 0.3 is 0 Å². The van der Waals surface area contributed by atoms with E-state index in [0.29, 0.717) is 12.6 Å². The van der Waals surface area contributed by atoms with Crippen molar-refractivity contribution in [3.63, 3.8) is 0 Å². The molecule has 7 nitrogen and oxygen atoms in total. The number of unbranched alkanes of at least 4 members (excludes halogenated alkanes) is 1. The van der Waals surface area contributed by atoms with Crippen molar-refractivity contribution >= 4 is 29.9 Å². The van der Waals surface area contributed by atoms with Gasteiger partial charge in [-0.3, -0.25) is 4.90 Å². The lowest BCUT2D eigenvalue weighted by molar-refractivity contribution is 0.245. The number of aliphatic imine (C=N–C) groups is 1. The summed E-state index contributed by atoms with van der Waals surface area (Å²) in [5, 5.41) is 15.4. The van der Waals surface area contributed by atoms with Crippen molar-refractivity contribution in [2.24, 2.45) is 12.0 Å². The molecule has 1 saturated heterocycles. The van der Waals surface area contributed by atoms with Gasteiger partial charge in [0.1, 0.15) is 12.4 Å². The number of likely N-dealkylation sites (tertiary alicyclic amines) is 1. The van der Waals surface area contributed by atoms with Gasteiger partial charge in [-0.15, -0.1) is 34.2 Å². The second kappa shape index (κ2) is 12.9. The van der Waals surface area contributed by atoms with Crippen LogP contribution in [0.25, 0.3) is 0 Å². The Bertz CT molecular complexity index is 769. The Morgan fingerprint density at radius 3 is 2.50 bits per heavy atom. The predicted molar refractivity (Wildman–Crippen MR) is 133 cm³/mol. The van der Waals surface area contributed by atoms with Crippen LogP contribution in [0.4, 0.5) is 0 Å². The SMILES string of the molecule is CCCCNC(=NCc1nnc(C)n1C)NCC(c1ccccc1)N1CCCC1.I. The van der Waals surface area contributed by atoms with Crippen molar-refractivity contribution < 1.29 is 0 Å². The summed E-state index contributed by atoms with van der Waals surface area (Å²) in [6, 6.07) is 11.2. The topological polar surface area (TPSA) is 70.4 Å². The smallest absolute Gasteiger partial charge is 0.191 e. The molecule has 0 radical (unpaired) electrons. The van der Waals surface area contributed by atoms with Crippen molar-refractivity contribution in [3.8, 4) is 0 Å². The van der Waals surface area contributed by atoms with E-state index in [1.807, 2.05) is 18.5 Å². The van der Waals surface area contributed by atoms with Crippen molar-refractivity contribution in [3.05, 3.63) is 47.5 Å². The summed E-state index contributed by atoms with van der Waals surface area (Å²) in [6.45, 7) is 8.75. The molecule has 2 heterocycles. The fourth-order valence-corrected chi connectivity index (χ4v) is 3.68. The molecule has 1 fully saturated rings. The summed E-state index contributed by atoms with van der Waals surface area (Å²) in [6.07, 6.45) is 4.84. The minimum Gasteiger partial charge on any atom is -0.356 e. The molecule has 1 aromatic heterocycles. The molecule has 1 aliphatic heterocycles. The molecule has 0 amide bonds. The molecule has 0 saturated carbocycles. The number of hydrogen-bond donors (Lipinski definition) is 2. The molecule has 30 heavy (non-hydrogen) atoms. The lowest BCUT2D eigenvalue weighted by Crippen LogP contribution is -2.43. The molecular formula is C22H36IN7. The third-order valence-electron chi connectivity index (χ3n) is 5.61. The number of halogens is 1. The van der Waals surface area contributed by atoms with E-state index >= 15 is 0 Å². The number of nitrogens with zero attached hydrogens (tertiary/aromatic N) is 5. The normalized spacial score (nSPS) is 15.6. The Labute approximate surface area is 197 Å². The first-order valence-electron chi connectivity index (χ1n) is 10.8. The Balaban J connectivity index is 0.00000320. The summed E-state index contributed by atoms with van der Waals surface area (Å²) in [7, 11) is 1.98. The van der Waals surface area contributed by atoms with Gasteiger partial charge in [-0.2, -0.15) is 0 Å². The maximum Gasteiger partial charge on any atom is 0.191 e. The Morgan fingerprint density at radius 2 is 1.87 bits per heavy atom. The van der Waals surface area contributed by atoms with E-state index in [2.05, 4.69) is 63.0 Å². The third-order valence-corrected chi connectivity index (χ3v) is 5.61. The average Bonchev–Trinajstić information content (AvgIpc) is 3.38. The monoisotopic (exact) mass is 525 g/mol. The minimum atomic E-state index is 0. The Hall–Kier alpha value is -1.68. The zero-order valence-electron chi connectivity index (χ0n) is 18.5. The third kappa shape index (κ3) is 6.94. The summed E-state index contributed by atoms with van der Waals surface area (Å²) < 4.78 is 1.99. The number of aryl methyl sites for hydroxylation is 1. The predicted octanol–water partition coefficient (Wildman–Crippen LogP) is 3.41. The highest BCUT2D eigenvalue weighted by Crippen LogP contribution is 2.24. The molecule has 8 heteroatoms. The molecule has 0 aliphatic carbocycles. The minimum absolute atomic E-state index is 0. The summed E-state index contributed by atoms with van der Waals surface area (Å²) in [4.78, 5) is 7.37. The van der Waals surface area contributed by atoms with E-state index in [0.717, 1.165) is 56.6 Å². The molecule has 2 aromatic rings. The zero-order chi connectivity index (χ0) is 20.5. The van der Waals surface area contributed by atoms with Gasteiger partial charge in [0, 0.05) is 20.1 Å². The number of aromatic nitrogens is 3. The quantitative estimate of drug-likeness (QED) is 0.227. The van der Waals surface area contributed by atoms with Crippen molar-refractivity contribution in [1.82, 2.24) is 30.3 Å². The average molecular weight is 525 g/mol. The Kier molecular flexibility index (Phi) is 10.6. The van der Waals surface area contributed by atoms with Crippen molar-refractivity contribution in [2.75, 3.05) is 26.2 Å². The molecule has 1 aliphatic rings. The molecule has 1 atom stereocenters. The standard InChI is InChI=1S/C22H35N7.HI/c1-4-5-13-23-22(25-17-21-27-26-18(2)28(21)3)24-16-20(29-14-9-10-15-29)19-11-7-6-8-12-19;/h6-8,11-12,20H,4-5,9-10,13-17H2,1-3H3,(H2,23,24,25);1H. The summed E-state index contributed by atoms with van der Waals surface area (Å²) >= 11 is 0. The van der Waals surface area contributed by atoms with Crippen LogP contribution in [0.3, 0.4) is 0 Å². The van der Waals surface area contributed by atoms with E-state index in [-0.39, 0.29) is 24.0 Å². The van der Waals surface area contributed by atoms with Gasteiger partial charge in [-0.05, 0) is 44.8 Å². The first kappa shape index (κ1) is 24.6. The van der Waals surface area contributed by atoms with Crippen LogP contribution in [0, 0.1) is 6.92 Å². The maximum atomic E-state index is 4.78. The molecule has 2 N–H and O–H groups in total. The fraction of sp³-hybridized carbons (Fsp3) is 0.591. The molecule has 0 bridgehead atoms. The van der Waals surface area contributed by atoms with Gasteiger partial charge < -0.3 is 15.2 Å². The maximum absolute atomic E-state index is 4.78. The van der Waals surface area contributed by atoms with Crippen molar-refractivity contribution in [2.45, 2.75) is 52.1 Å². The molecule has 0 spiro atoms. The van der Waals surface area contributed by atoms with E-state index < -0.39 is 0 Å². The molecule has 3 rings (SSSR count). The lowest BCUT2D eigenvalue weighted by Gasteiger charge is -2.29. The van der Waals surface area contributed by atoms with Crippen LogP contribution in [0.15, 0.2) is 35.3 Å². The number of benzene rings is 1. The highest BCUT2D eigenvalue weighted by Gasteiger charge is 2.23. The summed E-state index contributed by atoms with van der Waals surface area (Å²) in [5.41, 5.74) is 1.36. The van der Waals surface area contributed by atoms with Crippen molar-refractivity contribution in [1.29, 1.82) is 0 Å². The highest BCUT2D eigenvalue weighted by molar-refractivity contribution is 14.0. The lowest BCUT2D eigenvalue weighted by atomic mass is 10.1. The molecule has 1 unspecified atom stereocenters. The summed E-state index contributed by atoms with van der Waals surface area (Å²) in [5.74, 6) is 2.62. The first-order valence-corrected chi connectivity index (χ1v) is 10.8. The van der Waals surface area contributed by atoms with Crippen LogP contribution in [0.2, 0.25) is 0 Å². The van der Waals surface area contributed by atoms with E-state index in [1.54, 1.807) is 0 Å². The van der Waals surface area contributed by atoms with Gasteiger partial charge in [0.15, 0.2) is 11.8 Å². The Morgan fingerprint density at radius 1 is 1.13 bits per heavy atom. The van der Waals surface area contributed by atoms with Gasteiger partial charge in [0.25, 0.3) is 0 Å². The van der Waals surface area contributed by atoms with Crippen LogP contribution in [0.1, 0.15) is 55.9 Å². The van der Waals surface area contributed by atoms with E-state index in [4.69, 9.17) is 4.99 Å². The number of hydrogen-bond acceptors (Lipinski definition) is 4. The molecule has 166 valence electrons. The van der Waals surface area contributed by atoms with Gasteiger partial charge in [0.2, 0.25) is 0 Å². The first-order chi connectivity index (χ1) is 14.2. The van der Waals surface area contributed by atoms with Crippen LogP contribution in [-0.4, -0.2) is 51.8 Å². The van der Waals surface area contributed by atoms with Crippen LogP contribution >= 0.6 is 24.0 Å². The molecular weight excluding hydrogens is 489 g/mol. The van der Waals surface area contributed by atoms with Gasteiger partial charge in [-0.25, -0.2) is 4.99 Å². The number of rotatable bonds is 9. The number of nitrogens with one attached hydrogen (secondary N) is 2. The largest absolute Gasteiger partial charge is 0.356 e. The number of guanidine groups is 1. The zero-order valence-corrected chi connectivity index (χ0v) is 20.8.